The number of benzene rings is 4. The van der Waals surface area contributed by atoms with Crippen molar-refractivity contribution in [3.05, 3.63) is 143 Å². The van der Waals surface area contributed by atoms with Crippen molar-refractivity contribution in [2.45, 2.75) is 20.3 Å². The average Bonchev–Trinajstić information content (AvgIpc) is 3.35. The maximum Gasteiger partial charge on any atom is 0.0164 e. The first-order chi connectivity index (χ1) is 16.2. The lowest BCUT2D eigenvalue weighted by atomic mass is 9.86. The maximum atomic E-state index is 2.36. The second kappa shape index (κ2) is 8.05. The summed E-state index contributed by atoms with van der Waals surface area (Å²) in [5.41, 5.74) is 16.3. The molecule has 0 unspecified atom stereocenters. The van der Waals surface area contributed by atoms with Crippen LogP contribution in [0.3, 0.4) is 0 Å². The van der Waals surface area contributed by atoms with E-state index in [-0.39, 0.29) is 0 Å². The van der Waals surface area contributed by atoms with E-state index in [1.165, 1.54) is 66.8 Å². The minimum absolute atomic E-state index is 0.943. The van der Waals surface area contributed by atoms with E-state index in [9.17, 15) is 0 Å². The van der Waals surface area contributed by atoms with Crippen LogP contribution < -0.4 is 0 Å². The lowest BCUT2D eigenvalue weighted by Gasteiger charge is -2.17. The van der Waals surface area contributed by atoms with E-state index >= 15 is 0 Å². The summed E-state index contributed by atoms with van der Waals surface area (Å²) >= 11 is 0. The number of allylic oxidation sites excluding steroid dienone is 4. The molecule has 0 saturated carbocycles. The summed E-state index contributed by atoms with van der Waals surface area (Å²) < 4.78 is 0. The zero-order valence-electron chi connectivity index (χ0n) is 19.1. The van der Waals surface area contributed by atoms with Gasteiger partial charge in [-0.2, -0.15) is 0 Å². The molecule has 0 aliphatic heterocycles. The first-order valence-corrected chi connectivity index (χ1v) is 11.7. The summed E-state index contributed by atoms with van der Waals surface area (Å²) in [6, 6.07) is 35.0. The van der Waals surface area contributed by atoms with Gasteiger partial charge in [-0.25, -0.2) is 0 Å². The third-order valence-electron chi connectivity index (χ3n) is 7.02. The van der Waals surface area contributed by atoms with E-state index in [0.29, 0.717) is 0 Å². The van der Waals surface area contributed by atoms with Crippen molar-refractivity contribution in [2.75, 3.05) is 0 Å². The molecule has 0 nitrogen and oxygen atoms in total. The molecule has 158 valence electrons. The molecule has 0 bridgehead atoms. The standard InChI is InChI=1S/C33H26/c1-22-19-26-15-9-17-28(24-11-5-3-6-12-24)32(26)30(22)21-31-23(2)20-27-16-10-18-29(33(27)31)25-13-7-4-8-14-25/h3-20H,21H2,1-2H3. The number of hydrogen-bond donors (Lipinski definition) is 0. The molecule has 0 fully saturated rings. The smallest absolute Gasteiger partial charge is 0.0164 e. The van der Waals surface area contributed by atoms with E-state index in [0.717, 1.165) is 6.42 Å². The van der Waals surface area contributed by atoms with Crippen molar-refractivity contribution in [3.8, 4) is 22.3 Å². The first kappa shape index (κ1) is 20.0. The zero-order valence-corrected chi connectivity index (χ0v) is 19.1. The Labute approximate surface area is 196 Å². The highest BCUT2D eigenvalue weighted by molar-refractivity contribution is 5.98. The van der Waals surface area contributed by atoms with E-state index in [4.69, 9.17) is 0 Å². The molecule has 2 radical (unpaired) electrons. The van der Waals surface area contributed by atoms with Crippen LogP contribution in [0.4, 0.5) is 0 Å². The highest BCUT2D eigenvalue weighted by Crippen LogP contribution is 2.49. The van der Waals surface area contributed by atoms with Gasteiger partial charge < -0.3 is 0 Å². The maximum absolute atomic E-state index is 2.36. The van der Waals surface area contributed by atoms with Crippen LogP contribution in [0.25, 0.3) is 33.4 Å². The molecular weight excluding hydrogens is 396 g/mol. The third kappa shape index (κ3) is 3.38. The number of fused-ring (bicyclic) bond motifs is 2. The Hall–Kier alpha value is -3.64. The van der Waals surface area contributed by atoms with Gasteiger partial charge in [0.05, 0.1) is 0 Å². The molecule has 0 atom stereocenters. The minimum Gasteiger partial charge on any atom is -0.0622 e. The van der Waals surface area contributed by atoms with Crippen LogP contribution in [-0.4, -0.2) is 0 Å². The van der Waals surface area contributed by atoms with Crippen LogP contribution in [0.5, 0.6) is 0 Å². The summed E-state index contributed by atoms with van der Waals surface area (Å²) in [4.78, 5) is 0. The van der Waals surface area contributed by atoms with E-state index < -0.39 is 0 Å². The minimum atomic E-state index is 0.943. The van der Waals surface area contributed by atoms with Crippen molar-refractivity contribution in [1.29, 1.82) is 0 Å². The fraction of sp³-hybridized carbons (Fsp3) is 0.0909. The summed E-state index contributed by atoms with van der Waals surface area (Å²) in [6.45, 7) is 4.53. The van der Waals surface area contributed by atoms with Crippen molar-refractivity contribution in [2.24, 2.45) is 0 Å². The Kier molecular flexibility index (Phi) is 4.88. The fourth-order valence-corrected chi connectivity index (χ4v) is 5.44. The van der Waals surface area contributed by atoms with Gasteiger partial charge in [0, 0.05) is 12.8 Å². The van der Waals surface area contributed by atoms with Crippen molar-refractivity contribution < 1.29 is 0 Å². The number of rotatable bonds is 4. The van der Waals surface area contributed by atoms with Gasteiger partial charge in [0.1, 0.15) is 0 Å². The molecule has 2 aliphatic rings. The molecule has 0 amide bonds. The molecule has 0 spiro atoms. The second-order valence-corrected chi connectivity index (χ2v) is 9.06. The molecule has 0 N–H and O–H groups in total. The van der Waals surface area contributed by atoms with E-state index in [1.807, 2.05) is 0 Å². The lowest BCUT2D eigenvalue weighted by molar-refractivity contribution is 1.35. The van der Waals surface area contributed by atoms with Gasteiger partial charge in [-0.3, -0.25) is 0 Å². The molecule has 0 saturated heterocycles. The molecule has 6 rings (SSSR count). The molecule has 0 heteroatoms. The molecular formula is C33H26. The molecule has 33 heavy (non-hydrogen) atoms. The van der Waals surface area contributed by atoms with Crippen molar-refractivity contribution >= 4 is 11.1 Å². The summed E-state index contributed by atoms with van der Waals surface area (Å²) in [6.07, 6.45) is 5.66. The third-order valence-corrected chi connectivity index (χ3v) is 7.02. The molecule has 4 aromatic rings. The molecule has 2 aliphatic carbocycles. The van der Waals surface area contributed by atoms with Crippen molar-refractivity contribution in [3.63, 3.8) is 0 Å². The second-order valence-electron chi connectivity index (χ2n) is 9.06. The van der Waals surface area contributed by atoms with Crippen LogP contribution in [0.1, 0.15) is 42.5 Å². The Bertz CT molecular complexity index is 1300. The van der Waals surface area contributed by atoms with E-state index in [2.05, 4.69) is 124 Å². The topological polar surface area (TPSA) is 0 Å². The SMILES string of the molecule is CC1=C(CC2=C(C)[CH]c3cccc(-c4ccccc4)c32)c2c(cccc2-c2ccccc2)[CH]1. The summed E-state index contributed by atoms with van der Waals surface area (Å²) in [7, 11) is 0. The molecule has 4 aromatic carbocycles. The zero-order chi connectivity index (χ0) is 22.4. The normalized spacial score (nSPS) is 14.6. The summed E-state index contributed by atoms with van der Waals surface area (Å²) in [5, 5.41) is 0. The Morgan fingerprint density at radius 3 is 1.30 bits per heavy atom. The van der Waals surface area contributed by atoms with Crippen molar-refractivity contribution in [1.82, 2.24) is 0 Å². The van der Waals surface area contributed by atoms with E-state index in [1.54, 1.807) is 0 Å². The summed E-state index contributed by atoms with van der Waals surface area (Å²) in [5.74, 6) is 0. The van der Waals surface area contributed by atoms with Crippen LogP contribution in [-0.2, 0) is 0 Å². The predicted octanol–water partition coefficient (Wildman–Crippen LogP) is 8.79. The fourth-order valence-electron chi connectivity index (χ4n) is 5.44. The largest absolute Gasteiger partial charge is 0.0622 e. The van der Waals surface area contributed by atoms with Crippen LogP contribution >= 0.6 is 0 Å². The van der Waals surface area contributed by atoms with Gasteiger partial charge >= 0.3 is 0 Å². The van der Waals surface area contributed by atoms with Gasteiger partial charge in [0.15, 0.2) is 0 Å². The van der Waals surface area contributed by atoms with Crippen LogP contribution in [0.15, 0.2) is 108 Å². The quantitative estimate of drug-likeness (QED) is 0.308. The Morgan fingerprint density at radius 2 is 0.879 bits per heavy atom. The molecule has 0 aromatic heterocycles. The predicted molar refractivity (Wildman–Crippen MR) is 140 cm³/mol. The van der Waals surface area contributed by atoms with Crippen LogP contribution in [0, 0.1) is 12.8 Å². The van der Waals surface area contributed by atoms with Gasteiger partial charge in [0.2, 0.25) is 0 Å². The number of hydrogen-bond acceptors (Lipinski definition) is 0. The lowest BCUT2D eigenvalue weighted by Crippen LogP contribution is -1.95. The first-order valence-electron chi connectivity index (χ1n) is 11.7. The highest BCUT2D eigenvalue weighted by Gasteiger charge is 2.28. The average molecular weight is 423 g/mol. The monoisotopic (exact) mass is 422 g/mol. The molecule has 0 heterocycles. The van der Waals surface area contributed by atoms with Gasteiger partial charge in [-0.1, -0.05) is 108 Å². The Balaban J connectivity index is 1.47. The van der Waals surface area contributed by atoms with Gasteiger partial charge in [-0.15, -0.1) is 0 Å². The van der Waals surface area contributed by atoms with Gasteiger partial charge in [0.25, 0.3) is 0 Å². The highest BCUT2D eigenvalue weighted by atomic mass is 14.3. The Morgan fingerprint density at radius 1 is 0.455 bits per heavy atom. The van der Waals surface area contributed by atoms with Gasteiger partial charge in [-0.05, 0) is 75.9 Å². The van der Waals surface area contributed by atoms with Crippen LogP contribution in [0.2, 0.25) is 0 Å².